The number of nitrogens with two attached hydrogens (primary N) is 1. The number of sulfonamides is 1. The Hall–Kier alpha value is -1.11. The zero-order valence-electron chi connectivity index (χ0n) is 6.88. The van der Waals surface area contributed by atoms with Crippen LogP contribution in [-0.2, 0) is 10.0 Å². The summed E-state index contributed by atoms with van der Waals surface area (Å²) in [6.45, 7) is 0. The summed E-state index contributed by atoms with van der Waals surface area (Å²) in [5, 5.41) is 13.3. The second kappa shape index (κ2) is 4.41. The zero-order valence-corrected chi connectivity index (χ0v) is 8.51. The van der Waals surface area contributed by atoms with Gasteiger partial charge in [0.2, 0.25) is 10.0 Å². The van der Waals surface area contributed by atoms with E-state index in [-0.39, 0.29) is 22.9 Å². The van der Waals surface area contributed by atoms with E-state index in [1.165, 1.54) is 12.1 Å². The van der Waals surface area contributed by atoms with E-state index >= 15 is 0 Å². The molecule has 0 aromatic heterocycles. The van der Waals surface area contributed by atoms with Crippen LogP contribution in [0.3, 0.4) is 0 Å². The number of carboxylic acid groups (broad SMARTS) is 1. The van der Waals surface area contributed by atoms with Gasteiger partial charge in [-0.15, -0.1) is 12.4 Å². The number of aromatic carboxylic acids is 1. The van der Waals surface area contributed by atoms with Crippen LogP contribution in [0.25, 0.3) is 0 Å². The fraction of sp³-hybridized carbons (Fsp3) is 0. The molecular weight excluding hydrogens is 230 g/mol. The first-order valence-corrected chi connectivity index (χ1v) is 4.82. The molecule has 0 aliphatic rings. The van der Waals surface area contributed by atoms with Gasteiger partial charge in [0.1, 0.15) is 0 Å². The molecule has 7 heteroatoms. The topological polar surface area (TPSA) is 97.5 Å². The van der Waals surface area contributed by atoms with Gasteiger partial charge in [0.25, 0.3) is 0 Å². The van der Waals surface area contributed by atoms with Crippen LogP contribution in [0.15, 0.2) is 29.2 Å². The molecule has 0 amide bonds. The summed E-state index contributed by atoms with van der Waals surface area (Å²) in [6.07, 6.45) is 0. The number of carbonyl (C=O) groups is 1. The molecule has 0 bridgehead atoms. The van der Waals surface area contributed by atoms with Crippen LogP contribution in [0, 0.1) is 0 Å². The molecule has 0 unspecified atom stereocenters. The van der Waals surface area contributed by atoms with E-state index in [9.17, 15) is 13.2 Å². The van der Waals surface area contributed by atoms with E-state index in [2.05, 4.69) is 0 Å². The lowest BCUT2D eigenvalue weighted by molar-refractivity contribution is 0.0697. The second-order valence-electron chi connectivity index (χ2n) is 2.37. The average molecular weight is 238 g/mol. The largest absolute Gasteiger partial charge is 0.478 e. The van der Waals surface area contributed by atoms with Crippen molar-refractivity contribution in [2.24, 2.45) is 5.14 Å². The van der Waals surface area contributed by atoms with Crippen LogP contribution in [0.2, 0.25) is 0 Å². The number of carboxylic acids is 1. The van der Waals surface area contributed by atoms with Gasteiger partial charge in [0, 0.05) is 0 Å². The predicted molar refractivity (Wildman–Crippen MR) is 52.0 cm³/mol. The highest BCUT2D eigenvalue weighted by Gasteiger charge is 2.08. The van der Waals surface area contributed by atoms with Crippen LogP contribution < -0.4 is 5.14 Å². The molecule has 78 valence electrons. The zero-order chi connectivity index (χ0) is 10.1. The molecule has 0 aliphatic heterocycles. The first-order chi connectivity index (χ1) is 5.91. The van der Waals surface area contributed by atoms with Crippen molar-refractivity contribution in [2.45, 2.75) is 4.90 Å². The molecule has 0 radical (unpaired) electrons. The first kappa shape index (κ1) is 12.9. The maximum atomic E-state index is 10.7. The standard InChI is InChI=1S/C7H7NO4S.ClH/c8-13(11,12)6-3-1-5(2-4-6)7(9)10;/h1-4H,(H,9,10)(H2,8,11,12);1H. The Morgan fingerprint density at radius 3 is 1.93 bits per heavy atom. The Bertz CT molecular complexity index is 426. The number of primary sulfonamides is 1. The third kappa shape index (κ3) is 2.99. The summed E-state index contributed by atoms with van der Waals surface area (Å²) in [7, 11) is -3.74. The Kier molecular flexibility index (Phi) is 4.06. The van der Waals surface area contributed by atoms with Crippen molar-refractivity contribution in [3.8, 4) is 0 Å². The normalized spacial score (nSPS) is 10.4. The second-order valence-corrected chi connectivity index (χ2v) is 3.94. The minimum Gasteiger partial charge on any atom is -0.478 e. The van der Waals surface area contributed by atoms with Gasteiger partial charge in [0.15, 0.2) is 0 Å². The van der Waals surface area contributed by atoms with Crippen LogP contribution in [0.4, 0.5) is 0 Å². The smallest absolute Gasteiger partial charge is 0.335 e. The van der Waals surface area contributed by atoms with Crippen molar-refractivity contribution in [2.75, 3.05) is 0 Å². The van der Waals surface area contributed by atoms with Crippen LogP contribution >= 0.6 is 12.4 Å². The van der Waals surface area contributed by atoms with Crippen molar-refractivity contribution >= 4 is 28.4 Å². The van der Waals surface area contributed by atoms with E-state index in [4.69, 9.17) is 10.2 Å². The quantitative estimate of drug-likeness (QED) is 0.781. The van der Waals surface area contributed by atoms with Gasteiger partial charge >= 0.3 is 5.97 Å². The summed E-state index contributed by atoms with van der Waals surface area (Å²) in [5.74, 6) is -1.11. The van der Waals surface area contributed by atoms with E-state index in [1.807, 2.05) is 0 Å². The van der Waals surface area contributed by atoms with Crippen molar-refractivity contribution in [1.29, 1.82) is 0 Å². The molecule has 0 fully saturated rings. The molecule has 0 atom stereocenters. The van der Waals surface area contributed by atoms with Gasteiger partial charge in [-0.2, -0.15) is 0 Å². The molecule has 0 saturated carbocycles. The molecule has 0 heterocycles. The Morgan fingerprint density at radius 2 is 1.64 bits per heavy atom. The first-order valence-electron chi connectivity index (χ1n) is 3.27. The van der Waals surface area contributed by atoms with Crippen LogP contribution in [-0.4, -0.2) is 19.5 Å². The highest BCUT2D eigenvalue weighted by atomic mass is 35.5. The van der Waals surface area contributed by atoms with Crippen molar-refractivity contribution in [1.82, 2.24) is 0 Å². The lowest BCUT2D eigenvalue weighted by atomic mass is 10.2. The van der Waals surface area contributed by atoms with Crippen LogP contribution in [0.5, 0.6) is 0 Å². The molecule has 0 spiro atoms. The number of rotatable bonds is 2. The highest BCUT2D eigenvalue weighted by molar-refractivity contribution is 7.89. The van der Waals surface area contributed by atoms with E-state index < -0.39 is 16.0 Å². The van der Waals surface area contributed by atoms with Gasteiger partial charge in [-0.1, -0.05) is 0 Å². The maximum Gasteiger partial charge on any atom is 0.335 e. The van der Waals surface area contributed by atoms with Crippen molar-refractivity contribution in [3.05, 3.63) is 29.8 Å². The number of benzene rings is 1. The van der Waals surface area contributed by atoms with Crippen molar-refractivity contribution < 1.29 is 18.3 Å². The number of hydrogen-bond acceptors (Lipinski definition) is 3. The number of hydrogen-bond donors (Lipinski definition) is 2. The van der Waals surface area contributed by atoms with Gasteiger partial charge in [0.05, 0.1) is 10.5 Å². The fourth-order valence-corrected chi connectivity index (χ4v) is 1.30. The summed E-state index contributed by atoms with van der Waals surface area (Å²) >= 11 is 0. The molecule has 3 N–H and O–H groups in total. The summed E-state index contributed by atoms with van der Waals surface area (Å²) in [6, 6.07) is 4.67. The Morgan fingerprint density at radius 1 is 1.21 bits per heavy atom. The predicted octanol–water partition coefficient (Wildman–Crippen LogP) is 0.454. The maximum absolute atomic E-state index is 10.7. The monoisotopic (exact) mass is 237 g/mol. The molecule has 1 rings (SSSR count). The fourth-order valence-electron chi connectivity index (χ4n) is 0.787. The third-order valence-corrected chi connectivity index (χ3v) is 2.36. The van der Waals surface area contributed by atoms with Crippen molar-refractivity contribution in [3.63, 3.8) is 0 Å². The third-order valence-electron chi connectivity index (χ3n) is 1.43. The Balaban J connectivity index is 0.00000169. The molecule has 0 saturated heterocycles. The summed E-state index contributed by atoms with van der Waals surface area (Å²) < 4.78 is 21.5. The minimum atomic E-state index is -3.74. The molecule has 1 aromatic rings. The van der Waals surface area contributed by atoms with E-state index in [0.717, 1.165) is 12.1 Å². The molecule has 0 aliphatic carbocycles. The van der Waals surface area contributed by atoms with Gasteiger partial charge in [-0.3, -0.25) is 0 Å². The van der Waals surface area contributed by atoms with Gasteiger partial charge in [-0.05, 0) is 24.3 Å². The number of halogens is 1. The lowest BCUT2D eigenvalue weighted by Gasteiger charge is -1.97. The molecular formula is C7H8ClNO4S. The van der Waals surface area contributed by atoms with Gasteiger partial charge in [-0.25, -0.2) is 18.4 Å². The lowest BCUT2D eigenvalue weighted by Crippen LogP contribution is -2.12. The minimum absolute atomic E-state index is 0. The van der Waals surface area contributed by atoms with E-state index in [1.54, 1.807) is 0 Å². The average Bonchev–Trinajstić information content (AvgIpc) is 2.03. The Labute approximate surface area is 87.0 Å². The molecule has 5 nitrogen and oxygen atoms in total. The molecule has 14 heavy (non-hydrogen) atoms. The van der Waals surface area contributed by atoms with E-state index in [0.29, 0.717) is 0 Å². The summed E-state index contributed by atoms with van der Waals surface area (Å²) in [4.78, 5) is 10.3. The molecule has 1 aromatic carbocycles. The SMILES string of the molecule is Cl.NS(=O)(=O)c1ccc(C(=O)O)cc1. The highest BCUT2D eigenvalue weighted by Crippen LogP contribution is 2.08. The summed E-state index contributed by atoms with van der Waals surface area (Å²) in [5.41, 5.74) is 0.0207. The van der Waals surface area contributed by atoms with Gasteiger partial charge < -0.3 is 5.11 Å². The van der Waals surface area contributed by atoms with Crippen LogP contribution in [0.1, 0.15) is 10.4 Å².